The minimum absolute atomic E-state index is 0.404. The number of hydrogen-bond donors (Lipinski definition) is 1. The van der Waals surface area contributed by atoms with Gasteiger partial charge in [-0.1, -0.05) is 18.2 Å². The second-order valence-corrected chi connectivity index (χ2v) is 5.01. The topological polar surface area (TPSA) is 38.5 Å². The van der Waals surface area contributed by atoms with E-state index < -0.39 is 0 Å². The van der Waals surface area contributed by atoms with Gasteiger partial charge in [-0.15, -0.1) is 0 Å². The van der Waals surface area contributed by atoms with Crippen LogP contribution < -0.4 is 10.5 Å². The molecule has 2 rings (SSSR count). The molecule has 1 heterocycles. The first-order valence-corrected chi connectivity index (χ1v) is 6.90. The fourth-order valence-electron chi connectivity index (χ4n) is 2.75. The Morgan fingerprint density at radius 1 is 1.28 bits per heavy atom. The summed E-state index contributed by atoms with van der Waals surface area (Å²) in [7, 11) is 1.73. The average Bonchev–Trinajstić information content (AvgIpc) is 2.93. The summed E-state index contributed by atoms with van der Waals surface area (Å²) in [6.45, 7) is 4.35. The van der Waals surface area contributed by atoms with Crippen molar-refractivity contribution < 1.29 is 4.74 Å². The van der Waals surface area contributed by atoms with Gasteiger partial charge in [-0.25, -0.2) is 0 Å². The van der Waals surface area contributed by atoms with Gasteiger partial charge in [0.1, 0.15) is 5.75 Å². The van der Waals surface area contributed by atoms with Crippen molar-refractivity contribution in [1.82, 2.24) is 4.90 Å². The molecular weight excluding hydrogens is 224 g/mol. The maximum absolute atomic E-state index is 5.94. The van der Waals surface area contributed by atoms with Gasteiger partial charge in [-0.05, 0) is 57.1 Å². The molecule has 0 aliphatic carbocycles. The SMILES string of the molecule is COc1ccccc1C(CN)CCN1CCCC1. The number of rotatable bonds is 6. The summed E-state index contributed by atoms with van der Waals surface area (Å²) in [5.74, 6) is 1.37. The van der Waals surface area contributed by atoms with E-state index in [9.17, 15) is 0 Å². The highest BCUT2D eigenvalue weighted by Gasteiger charge is 2.17. The molecule has 1 atom stereocenters. The molecule has 3 nitrogen and oxygen atoms in total. The molecule has 2 N–H and O–H groups in total. The highest BCUT2D eigenvalue weighted by Crippen LogP contribution is 2.28. The molecule has 0 aromatic heterocycles. The number of ether oxygens (including phenoxy) is 1. The molecule has 3 heteroatoms. The number of nitrogens with zero attached hydrogens (tertiary/aromatic N) is 1. The first-order valence-electron chi connectivity index (χ1n) is 6.90. The van der Waals surface area contributed by atoms with Gasteiger partial charge in [0.2, 0.25) is 0 Å². The van der Waals surface area contributed by atoms with Gasteiger partial charge in [0.25, 0.3) is 0 Å². The largest absolute Gasteiger partial charge is 0.496 e. The Balaban J connectivity index is 1.98. The highest BCUT2D eigenvalue weighted by atomic mass is 16.5. The predicted molar refractivity (Wildman–Crippen MR) is 75.1 cm³/mol. The van der Waals surface area contributed by atoms with E-state index in [0.29, 0.717) is 12.5 Å². The van der Waals surface area contributed by atoms with Crippen LogP contribution in [0.25, 0.3) is 0 Å². The second kappa shape index (κ2) is 6.76. The lowest BCUT2D eigenvalue weighted by Crippen LogP contribution is -2.24. The fraction of sp³-hybridized carbons (Fsp3) is 0.600. The lowest BCUT2D eigenvalue weighted by molar-refractivity contribution is 0.319. The van der Waals surface area contributed by atoms with Gasteiger partial charge in [-0.2, -0.15) is 0 Å². The van der Waals surface area contributed by atoms with Crippen LogP contribution in [-0.2, 0) is 0 Å². The van der Waals surface area contributed by atoms with Crippen molar-refractivity contribution in [3.8, 4) is 5.75 Å². The van der Waals surface area contributed by atoms with Crippen molar-refractivity contribution in [3.63, 3.8) is 0 Å². The molecule has 1 aliphatic rings. The van der Waals surface area contributed by atoms with Crippen LogP contribution in [0.5, 0.6) is 5.75 Å². The number of para-hydroxylation sites is 1. The maximum atomic E-state index is 5.94. The molecule has 0 amide bonds. The lowest BCUT2D eigenvalue weighted by atomic mass is 9.94. The van der Waals surface area contributed by atoms with Crippen LogP contribution in [0.1, 0.15) is 30.7 Å². The quantitative estimate of drug-likeness (QED) is 0.839. The van der Waals surface area contributed by atoms with E-state index in [1.165, 1.54) is 31.5 Å². The standard InChI is InChI=1S/C15H24N2O/c1-18-15-7-3-2-6-14(15)13(12-16)8-11-17-9-4-5-10-17/h2-3,6-7,13H,4-5,8-12,16H2,1H3. The maximum Gasteiger partial charge on any atom is 0.122 e. The lowest BCUT2D eigenvalue weighted by Gasteiger charge is -2.21. The smallest absolute Gasteiger partial charge is 0.122 e. The Kier molecular flexibility index (Phi) is 5.02. The Labute approximate surface area is 110 Å². The Morgan fingerprint density at radius 2 is 2.00 bits per heavy atom. The van der Waals surface area contributed by atoms with Crippen LogP contribution in [0.4, 0.5) is 0 Å². The molecule has 1 aliphatic heterocycles. The first-order chi connectivity index (χ1) is 8.85. The van der Waals surface area contributed by atoms with Crippen LogP contribution in [0.2, 0.25) is 0 Å². The highest BCUT2D eigenvalue weighted by molar-refractivity contribution is 5.36. The summed E-state index contributed by atoms with van der Waals surface area (Å²) in [6, 6.07) is 8.24. The van der Waals surface area contributed by atoms with Crippen LogP contribution in [-0.4, -0.2) is 38.2 Å². The van der Waals surface area contributed by atoms with Gasteiger partial charge in [0, 0.05) is 5.92 Å². The van der Waals surface area contributed by atoms with Crippen molar-refractivity contribution in [3.05, 3.63) is 29.8 Å². The molecular formula is C15H24N2O. The van der Waals surface area contributed by atoms with E-state index in [2.05, 4.69) is 17.0 Å². The fourth-order valence-corrected chi connectivity index (χ4v) is 2.75. The van der Waals surface area contributed by atoms with E-state index in [0.717, 1.165) is 18.7 Å². The zero-order chi connectivity index (χ0) is 12.8. The van der Waals surface area contributed by atoms with E-state index >= 15 is 0 Å². The number of methoxy groups -OCH3 is 1. The monoisotopic (exact) mass is 248 g/mol. The minimum atomic E-state index is 0.404. The molecule has 18 heavy (non-hydrogen) atoms. The van der Waals surface area contributed by atoms with Gasteiger partial charge in [0.05, 0.1) is 7.11 Å². The molecule has 1 unspecified atom stereocenters. The molecule has 1 saturated heterocycles. The summed E-state index contributed by atoms with van der Waals surface area (Å²) in [4.78, 5) is 2.54. The Hall–Kier alpha value is -1.06. The van der Waals surface area contributed by atoms with Crippen molar-refractivity contribution in [2.24, 2.45) is 5.73 Å². The van der Waals surface area contributed by atoms with Crippen LogP contribution >= 0.6 is 0 Å². The van der Waals surface area contributed by atoms with Gasteiger partial charge < -0.3 is 15.4 Å². The summed E-state index contributed by atoms with van der Waals surface area (Å²) in [6.07, 6.45) is 3.82. The van der Waals surface area contributed by atoms with Gasteiger partial charge >= 0.3 is 0 Å². The van der Waals surface area contributed by atoms with Crippen molar-refractivity contribution in [1.29, 1.82) is 0 Å². The summed E-state index contributed by atoms with van der Waals surface area (Å²) >= 11 is 0. The third-order valence-corrected chi connectivity index (χ3v) is 3.86. The molecule has 1 aromatic rings. The van der Waals surface area contributed by atoms with E-state index in [1.54, 1.807) is 7.11 Å². The number of benzene rings is 1. The van der Waals surface area contributed by atoms with Gasteiger partial charge in [0.15, 0.2) is 0 Å². The van der Waals surface area contributed by atoms with Crippen LogP contribution in [0.3, 0.4) is 0 Å². The average molecular weight is 248 g/mol. The summed E-state index contributed by atoms with van der Waals surface area (Å²) < 4.78 is 5.43. The zero-order valence-corrected chi connectivity index (χ0v) is 11.3. The molecule has 0 bridgehead atoms. The van der Waals surface area contributed by atoms with Gasteiger partial charge in [-0.3, -0.25) is 0 Å². The normalized spacial score (nSPS) is 17.9. The third kappa shape index (κ3) is 3.24. The molecule has 0 saturated carbocycles. The molecule has 1 fully saturated rings. The van der Waals surface area contributed by atoms with Crippen molar-refractivity contribution >= 4 is 0 Å². The molecule has 0 radical (unpaired) electrons. The number of nitrogens with two attached hydrogens (primary N) is 1. The van der Waals surface area contributed by atoms with Crippen LogP contribution in [0.15, 0.2) is 24.3 Å². The van der Waals surface area contributed by atoms with E-state index in [4.69, 9.17) is 10.5 Å². The first kappa shape index (κ1) is 13.4. The van der Waals surface area contributed by atoms with Crippen molar-refractivity contribution in [2.45, 2.75) is 25.2 Å². The molecule has 1 aromatic carbocycles. The van der Waals surface area contributed by atoms with E-state index in [-0.39, 0.29) is 0 Å². The third-order valence-electron chi connectivity index (χ3n) is 3.86. The Bertz CT molecular complexity index is 361. The minimum Gasteiger partial charge on any atom is -0.496 e. The summed E-state index contributed by atoms with van der Waals surface area (Å²) in [5.41, 5.74) is 7.19. The predicted octanol–water partition coefficient (Wildman–Crippen LogP) is 2.22. The van der Waals surface area contributed by atoms with Crippen LogP contribution in [0, 0.1) is 0 Å². The van der Waals surface area contributed by atoms with E-state index in [1.807, 2.05) is 12.1 Å². The summed E-state index contributed by atoms with van der Waals surface area (Å²) in [5, 5.41) is 0. The second-order valence-electron chi connectivity index (χ2n) is 5.01. The van der Waals surface area contributed by atoms with Crippen molar-refractivity contribution in [2.75, 3.05) is 33.3 Å². The number of likely N-dealkylation sites (tertiary alicyclic amines) is 1. The molecule has 100 valence electrons. The number of hydrogen-bond acceptors (Lipinski definition) is 3. The Morgan fingerprint density at radius 3 is 2.67 bits per heavy atom. The molecule has 0 spiro atoms. The zero-order valence-electron chi connectivity index (χ0n) is 11.3.